The lowest BCUT2D eigenvalue weighted by Gasteiger charge is -2.05. The molecule has 0 aliphatic carbocycles. The van der Waals surface area contributed by atoms with E-state index in [0.717, 1.165) is 0 Å². The van der Waals surface area contributed by atoms with Gasteiger partial charge in [-0.05, 0) is 13.0 Å². The number of H-pyrrole nitrogens is 1. The third kappa shape index (κ3) is 2.68. The Labute approximate surface area is 74.1 Å². The van der Waals surface area contributed by atoms with Crippen molar-refractivity contribution in [1.82, 2.24) is 10.2 Å². The summed E-state index contributed by atoms with van der Waals surface area (Å²) < 4.78 is 0. The molecular formula is C7H10N4O2. The topological polar surface area (TPSA) is 101 Å². The highest BCUT2D eigenvalue weighted by Crippen LogP contribution is 1.95. The number of nitrogens with two attached hydrogens (primary N) is 1. The van der Waals surface area contributed by atoms with Crippen LogP contribution in [0.5, 0.6) is 0 Å². The van der Waals surface area contributed by atoms with Crippen molar-refractivity contribution in [3.63, 3.8) is 0 Å². The van der Waals surface area contributed by atoms with Crippen LogP contribution in [0.3, 0.4) is 0 Å². The van der Waals surface area contributed by atoms with Crippen molar-refractivity contribution in [2.75, 3.05) is 5.32 Å². The zero-order chi connectivity index (χ0) is 9.84. The molecule has 70 valence electrons. The maximum absolute atomic E-state index is 11.0. The van der Waals surface area contributed by atoms with Crippen molar-refractivity contribution in [3.05, 3.63) is 22.5 Å². The summed E-state index contributed by atoms with van der Waals surface area (Å²) in [6, 6.07) is 2.07. The molecule has 1 aromatic rings. The Balaban J connectivity index is 2.70. The Morgan fingerprint density at radius 1 is 1.69 bits per heavy atom. The number of carbonyl (C=O) groups is 1. The number of hydrogen-bond acceptors (Lipinski definition) is 4. The summed E-state index contributed by atoms with van der Waals surface area (Å²) in [5, 5.41) is 8.18. The second kappa shape index (κ2) is 3.81. The van der Waals surface area contributed by atoms with Gasteiger partial charge in [-0.25, -0.2) is 5.10 Å². The van der Waals surface area contributed by atoms with Crippen LogP contribution in [0.25, 0.3) is 0 Å². The molecule has 1 rings (SSSR count). The Bertz CT molecular complexity index is 337. The van der Waals surface area contributed by atoms with Gasteiger partial charge in [0.1, 0.15) is 0 Å². The predicted octanol–water partition coefficient (Wildman–Crippen LogP) is -0.944. The fourth-order valence-electron chi connectivity index (χ4n) is 0.654. The molecule has 0 bridgehead atoms. The number of nitrogens with one attached hydrogen (secondary N) is 2. The van der Waals surface area contributed by atoms with Crippen LogP contribution in [0.4, 0.5) is 5.82 Å². The van der Waals surface area contributed by atoms with E-state index in [-0.39, 0.29) is 17.3 Å². The number of carbonyl (C=O) groups excluding carboxylic acids is 1. The van der Waals surface area contributed by atoms with Gasteiger partial charge in [-0.15, -0.1) is 0 Å². The summed E-state index contributed by atoms with van der Waals surface area (Å²) in [7, 11) is 0. The number of nitrogens with zero attached hydrogens (tertiary/aromatic N) is 1. The van der Waals surface area contributed by atoms with Crippen LogP contribution in [-0.2, 0) is 4.79 Å². The smallest absolute Gasteiger partial charge is 0.264 e. The van der Waals surface area contributed by atoms with Crippen molar-refractivity contribution in [2.24, 2.45) is 5.73 Å². The lowest BCUT2D eigenvalue weighted by molar-refractivity contribution is -0.117. The van der Waals surface area contributed by atoms with Gasteiger partial charge >= 0.3 is 0 Å². The monoisotopic (exact) mass is 182 g/mol. The second-order valence-corrected chi connectivity index (χ2v) is 2.58. The molecule has 0 spiro atoms. The molecule has 0 unspecified atom stereocenters. The maximum atomic E-state index is 11.0. The van der Waals surface area contributed by atoms with Crippen molar-refractivity contribution in [2.45, 2.75) is 13.0 Å². The molecule has 6 heteroatoms. The van der Waals surface area contributed by atoms with Crippen molar-refractivity contribution >= 4 is 11.7 Å². The maximum Gasteiger partial charge on any atom is 0.264 e. The molecule has 13 heavy (non-hydrogen) atoms. The highest BCUT2D eigenvalue weighted by atomic mass is 16.2. The van der Waals surface area contributed by atoms with Crippen LogP contribution in [0, 0.1) is 0 Å². The standard InChI is InChI=1S/C7H10N4O2/c1-4(8)7(13)9-5-2-3-6(12)11-10-5/h2-4H,8H2,1H3,(H,11,12)(H,9,10,13)/t4-/m1/s1. The van der Waals surface area contributed by atoms with Gasteiger partial charge in [0.15, 0.2) is 5.82 Å². The van der Waals surface area contributed by atoms with Crippen LogP contribution in [0.1, 0.15) is 6.92 Å². The summed E-state index contributed by atoms with van der Waals surface area (Å²) in [6.07, 6.45) is 0. The van der Waals surface area contributed by atoms with Gasteiger partial charge in [0, 0.05) is 6.07 Å². The van der Waals surface area contributed by atoms with Gasteiger partial charge in [-0.1, -0.05) is 0 Å². The SMILES string of the molecule is C[C@@H](N)C(=O)Nc1ccc(=O)[nH]n1. The molecule has 0 aliphatic rings. The number of aromatic nitrogens is 2. The molecule has 6 nitrogen and oxygen atoms in total. The van der Waals surface area contributed by atoms with Gasteiger partial charge in [0.2, 0.25) is 5.91 Å². The molecule has 0 aromatic carbocycles. The Morgan fingerprint density at radius 2 is 2.38 bits per heavy atom. The lowest BCUT2D eigenvalue weighted by Crippen LogP contribution is -2.33. The minimum Gasteiger partial charge on any atom is -0.320 e. The molecule has 1 atom stereocenters. The Morgan fingerprint density at radius 3 is 2.85 bits per heavy atom. The first-order chi connectivity index (χ1) is 6.09. The van der Waals surface area contributed by atoms with Crippen LogP contribution in [0.15, 0.2) is 16.9 Å². The first-order valence-electron chi connectivity index (χ1n) is 3.72. The van der Waals surface area contributed by atoms with E-state index in [1.807, 2.05) is 0 Å². The van der Waals surface area contributed by atoms with Gasteiger partial charge in [-0.2, -0.15) is 5.10 Å². The molecule has 0 aliphatic heterocycles. The summed E-state index contributed by atoms with van der Waals surface area (Å²) >= 11 is 0. The van der Waals surface area contributed by atoms with E-state index in [1.165, 1.54) is 12.1 Å². The molecule has 0 fully saturated rings. The van der Waals surface area contributed by atoms with Crippen LogP contribution in [-0.4, -0.2) is 22.1 Å². The highest BCUT2D eigenvalue weighted by molar-refractivity contribution is 5.93. The molecule has 0 saturated heterocycles. The molecule has 0 saturated carbocycles. The van der Waals surface area contributed by atoms with Gasteiger partial charge in [0.05, 0.1) is 6.04 Å². The molecule has 4 N–H and O–H groups in total. The quantitative estimate of drug-likeness (QED) is 0.549. The molecule has 0 radical (unpaired) electrons. The number of amides is 1. The van der Waals surface area contributed by atoms with E-state index in [0.29, 0.717) is 0 Å². The van der Waals surface area contributed by atoms with Gasteiger partial charge in [0.25, 0.3) is 5.56 Å². The normalized spacial score (nSPS) is 12.2. The second-order valence-electron chi connectivity index (χ2n) is 2.58. The molecular weight excluding hydrogens is 172 g/mol. The molecule has 1 amide bonds. The van der Waals surface area contributed by atoms with Crippen LogP contribution < -0.4 is 16.6 Å². The summed E-state index contributed by atoms with van der Waals surface area (Å²) in [5.41, 5.74) is 4.98. The van der Waals surface area contributed by atoms with E-state index in [2.05, 4.69) is 15.5 Å². The number of hydrogen-bond donors (Lipinski definition) is 3. The third-order valence-electron chi connectivity index (χ3n) is 1.34. The minimum absolute atomic E-state index is 0.280. The number of aromatic amines is 1. The van der Waals surface area contributed by atoms with Crippen molar-refractivity contribution in [1.29, 1.82) is 0 Å². The highest BCUT2D eigenvalue weighted by Gasteiger charge is 2.07. The van der Waals surface area contributed by atoms with Crippen LogP contribution in [0.2, 0.25) is 0 Å². The Hall–Kier alpha value is -1.69. The lowest BCUT2D eigenvalue weighted by atomic mass is 10.3. The van der Waals surface area contributed by atoms with E-state index in [4.69, 9.17) is 5.73 Å². The Kier molecular flexibility index (Phi) is 2.76. The van der Waals surface area contributed by atoms with E-state index in [9.17, 15) is 9.59 Å². The summed E-state index contributed by atoms with van der Waals surface area (Å²) in [4.78, 5) is 21.6. The van der Waals surface area contributed by atoms with E-state index in [1.54, 1.807) is 6.92 Å². The average molecular weight is 182 g/mol. The predicted molar refractivity (Wildman–Crippen MR) is 47.1 cm³/mol. The average Bonchev–Trinajstić information content (AvgIpc) is 2.08. The minimum atomic E-state index is -0.603. The van der Waals surface area contributed by atoms with E-state index >= 15 is 0 Å². The zero-order valence-corrected chi connectivity index (χ0v) is 7.07. The van der Waals surface area contributed by atoms with Gasteiger partial charge < -0.3 is 11.1 Å². The van der Waals surface area contributed by atoms with Gasteiger partial charge in [-0.3, -0.25) is 9.59 Å². The zero-order valence-electron chi connectivity index (χ0n) is 7.07. The molecule has 1 aromatic heterocycles. The third-order valence-corrected chi connectivity index (χ3v) is 1.34. The first kappa shape index (κ1) is 9.40. The first-order valence-corrected chi connectivity index (χ1v) is 3.72. The van der Waals surface area contributed by atoms with E-state index < -0.39 is 6.04 Å². The van der Waals surface area contributed by atoms with Crippen molar-refractivity contribution < 1.29 is 4.79 Å². The summed E-state index contributed by atoms with van der Waals surface area (Å²) in [5.74, 6) is -0.0681. The fraction of sp³-hybridized carbons (Fsp3) is 0.286. The summed E-state index contributed by atoms with van der Waals surface area (Å²) in [6.45, 7) is 1.56. The number of anilines is 1. The fourth-order valence-corrected chi connectivity index (χ4v) is 0.654. The molecule has 1 heterocycles. The number of rotatable bonds is 2. The van der Waals surface area contributed by atoms with Crippen LogP contribution >= 0.6 is 0 Å². The van der Waals surface area contributed by atoms with Crippen molar-refractivity contribution in [3.8, 4) is 0 Å². The largest absolute Gasteiger partial charge is 0.320 e.